The Balaban J connectivity index is 5.08. The summed E-state index contributed by atoms with van der Waals surface area (Å²) in [5.74, 6) is 0. The maximum Gasteiger partial charge on any atom is 0.158 e. The highest BCUT2D eigenvalue weighted by atomic mass is 28.2. The molecule has 2 atom stereocenters. The van der Waals surface area contributed by atoms with E-state index in [2.05, 4.69) is 46.9 Å². The SMILES string of the molecule is CCCCCCOC([SiH3])(OC)C(C)(C)NC(C)(C)C([SiH3])(OC)OCCCCCC. The summed E-state index contributed by atoms with van der Waals surface area (Å²) in [5, 5.41) is 3.79. The number of methoxy groups -OCH3 is 2. The lowest BCUT2D eigenvalue weighted by atomic mass is 9.95. The van der Waals surface area contributed by atoms with E-state index in [1.807, 2.05) is 0 Å². The van der Waals surface area contributed by atoms with Crippen molar-refractivity contribution in [1.29, 1.82) is 0 Å². The van der Waals surface area contributed by atoms with Crippen molar-refractivity contribution in [2.24, 2.45) is 0 Å². The summed E-state index contributed by atoms with van der Waals surface area (Å²) in [7, 11) is 5.02. The lowest BCUT2D eigenvalue weighted by Gasteiger charge is -2.52. The number of rotatable bonds is 18. The lowest BCUT2D eigenvalue weighted by Crippen LogP contribution is -2.73. The zero-order valence-electron chi connectivity index (χ0n) is 21.2. The Hall–Kier alpha value is 0.234. The van der Waals surface area contributed by atoms with Gasteiger partial charge in [-0.3, -0.25) is 5.32 Å². The first-order valence-electron chi connectivity index (χ1n) is 11.6. The molecule has 0 saturated heterocycles. The first-order valence-corrected chi connectivity index (χ1v) is 13.6. The smallest absolute Gasteiger partial charge is 0.158 e. The number of nitrogens with one attached hydrogen (secondary N) is 1. The molecule has 0 rings (SSSR count). The summed E-state index contributed by atoms with van der Waals surface area (Å²) in [5.41, 5.74) is -2.01. The van der Waals surface area contributed by atoms with E-state index < -0.39 is 10.8 Å². The fourth-order valence-corrected chi connectivity index (χ4v) is 4.25. The molecule has 29 heavy (non-hydrogen) atoms. The molecular formula is C22H51NO4Si2. The third-order valence-corrected chi connectivity index (χ3v) is 10.3. The Morgan fingerprint density at radius 2 is 0.966 bits per heavy atom. The molecule has 0 radical (unpaired) electrons. The van der Waals surface area contributed by atoms with E-state index in [1.165, 1.54) is 38.5 Å². The molecule has 0 saturated carbocycles. The van der Waals surface area contributed by atoms with Gasteiger partial charge in [0.05, 0.1) is 31.6 Å². The van der Waals surface area contributed by atoms with Gasteiger partial charge in [0, 0.05) is 27.4 Å². The van der Waals surface area contributed by atoms with E-state index in [-0.39, 0.29) is 11.1 Å². The zero-order valence-corrected chi connectivity index (χ0v) is 25.2. The molecule has 176 valence electrons. The lowest BCUT2D eigenvalue weighted by molar-refractivity contribution is -0.235. The minimum absolute atomic E-state index is 0.387. The van der Waals surface area contributed by atoms with Crippen LogP contribution in [0.1, 0.15) is 92.9 Å². The van der Waals surface area contributed by atoms with Gasteiger partial charge < -0.3 is 18.9 Å². The molecule has 0 aromatic heterocycles. The van der Waals surface area contributed by atoms with E-state index >= 15 is 0 Å². The van der Waals surface area contributed by atoms with E-state index in [0.29, 0.717) is 0 Å². The van der Waals surface area contributed by atoms with Gasteiger partial charge in [-0.05, 0) is 40.5 Å². The summed E-state index contributed by atoms with van der Waals surface area (Å²) in [6.45, 7) is 14.6. The average Bonchev–Trinajstić information content (AvgIpc) is 2.66. The van der Waals surface area contributed by atoms with Crippen molar-refractivity contribution in [1.82, 2.24) is 5.32 Å². The molecule has 0 spiro atoms. The number of unbranched alkanes of at least 4 members (excludes halogenated alkanes) is 6. The second kappa shape index (κ2) is 13.6. The first kappa shape index (κ1) is 29.2. The quantitative estimate of drug-likeness (QED) is 0.198. The van der Waals surface area contributed by atoms with Crippen molar-refractivity contribution < 1.29 is 18.9 Å². The van der Waals surface area contributed by atoms with Gasteiger partial charge in [0.2, 0.25) is 0 Å². The minimum atomic E-state index is -0.617. The summed E-state index contributed by atoms with van der Waals surface area (Å²) in [6, 6.07) is 0. The topological polar surface area (TPSA) is 49.0 Å². The van der Waals surface area contributed by atoms with Gasteiger partial charge in [0.25, 0.3) is 0 Å². The van der Waals surface area contributed by atoms with Crippen LogP contribution in [0.15, 0.2) is 0 Å². The van der Waals surface area contributed by atoms with Crippen LogP contribution in [0.25, 0.3) is 0 Å². The van der Waals surface area contributed by atoms with Crippen LogP contribution in [-0.2, 0) is 18.9 Å². The molecule has 7 heteroatoms. The van der Waals surface area contributed by atoms with Crippen molar-refractivity contribution in [3.05, 3.63) is 0 Å². The Morgan fingerprint density at radius 1 is 0.621 bits per heavy atom. The van der Waals surface area contributed by atoms with Crippen molar-refractivity contribution in [2.45, 2.75) is 115 Å². The predicted molar refractivity (Wildman–Crippen MR) is 131 cm³/mol. The second-order valence-electron chi connectivity index (χ2n) is 9.49. The maximum atomic E-state index is 6.31. The molecule has 1 N–H and O–H groups in total. The Morgan fingerprint density at radius 3 is 1.24 bits per heavy atom. The highest BCUT2D eigenvalue weighted by Gasteiger charge is 2.50. The van der Waals surface area contributed by atoms with Gasteiger partial charge in [-0.2, -0.15) is 0 Å². The average molecular weight is 450 g/mol. The normalized spacial score (nSPS) is 17.4. The fourth-order valence-electron chi connectivity index (χ4n) is 3.59. The monoisotopic (exact) mass is 449 g/mol. The third-order valence-electron chi connectivity index (χ3n) is 6.43. The van der Waals surface area contributed by atoms with Crippen LogP contribution in [0.3, 0.4) is 0 Å². The van der Waals surface area contributed by atoms with Crippen molar-refractivity contribution in [2.75, 3.05) is 27.4 Å². The van der Waals surface area contributed by atoms with Crippen LogP contribution in [0.5, 0.6) is 0 Å². The molecule has 0 fully saturated rings. The van der Waals surface area contributed by atoms with E-state index in [4.69, 9.17) is 18.9 Å². The maximum absolute atomic E-state index is 6.31. The van der Waals surface area contributed by atoms with Crippen LogP contribution in [-0.4, -0.2) is 69.8 Å². The van der Waals surface area contributed by atoms with Gasteiger partial charge in [0.1, 0.15) is 0 Å². The summed E-state index contributed by atoms with van der Waals surface area (Å²) in [4.78, 5) is 0. The Labute approximate surface area is 187 Å². The van der Waals surface area contributed by atoms with Gasteiger partial charge >= 0.3 is 0 Å². The van der Waals surface area contributed by atoms with Crippen LogP contribution < -0.4 is 5.32 Å². The molecule has 0 aromatic rings. The van der Waals surface area contributed by atoms with Crippen LogP contribution in [0.4, 0.5) is 0 Å². The molecule has 0 amide bonds. The Kier molecular flexibility index (Phi) is 13.7. The van der Waals surface area contributed by atoms with Crippen LogP contribution >= 0.6 is 0 Å². The highest BCUT2D eigenvalue weighted by Crippen LogP contribution is 2.32. The molecular weight excluding hydrogens is 398 g/mol. The molecule has 0 aliphatic heterocycles. The second-order valence-corrected chi connectivity index (χ2v) is 12.1. The van der Waals surface area contributed by atoms with Gasteiger partial charge in [-0.15, -0.1) is 0 Å². The molecule has 0 heterocycles. The van der Waals surface area contributed by atoms with Gasteiger partial charge in [-0.25, -0.2) is 0 Å². The first-order chi connectivity index (χ1) is 13.4. The van der Waals surface area contributed by atoms with Gasteiger partial charge in [-0.1, -0.05) is 52.4 Å². The summed E-state index contributed by atoms with van der Waals surface area (Å²) in [6.07, 6.45) is 9.53. The minimum Gasteiger partial charge on any atom is -0.356 e. The number of hydrogen-bond donors (Lipinski definition) is 1. The summed E-state index contributed by atoms with van der Waals surface area (Å²) >= 11 is 0. The van der Waals surface area contributed by atoms with Crippen molar-refractivity contribution in [3.63, 3.8) is 0 Å². The molecule has 5 nitrogen and oxygen atoms in total. The standard InChI is InChI=1S/C22H51NO4Si2/c1-9-11-13-15-17-26-21(28,24-7)19(3,4)23-20(5,6)22(29,25-8)27-18-16-14-12-10-2/h23H,9-18H2,1-8,28-29H3. The van der Waals surface area contributed by atoms with Crippen LogP contribution in [0, 0.1) is 0 Å². The number of hydrogen-bond acceptors (Lipinski definition) is 5. The van der Waals surface area contributed by atoms with Crippen molar-refractivity contribution in [3.8, 4) is 0 Å². The van der Waals surface area contributed by atoms with Crippen molar-refractivity contribution >= 4 is 20.5 Å². The fraction of sp³-hybridized carbons (Fsp3) is 1.00. The predicted octanol–water partition coefficient (Wildman–Crippen LogP) is 2.66. The molecule has 0 aromatic carbocycles. The van der Waals surface area contributed by atoms with Gasteiger partial charge in [0.15, 0.2) is 10.8 Å². The van der Waals surface area contributed by atoms with Crippen LogP contribution in [0.2, 0.25) is 0 Å². The number of ether oxygens (including phenoxy) is 4. The zero-order chi connectivity index (χ0) is 22.6. The van der Waals surface area contributed by atoms with E-state index in [0.717, 1.165) is 46.5 Å². The largest absolute Gasteiger partial charge is 0.356 e. The van der Waals surface area contributed by atoms with E-state index in [9.17, 15) is 0 Å². The molecule has 0 bridgehead atoms. The van der Waals surface area contributed by atoms with E-state index in [1.54, 1.807) is 14.2 Å². The third kappa shape index (κ3) is 9.09. The summed E-state index contributed by atoms with van der Waals surface area (Å²) < 4.78 is 24.5. The molecule has 0 aliphatic rings. The molecule has 2 unspecified atom stereocenters. The molecule has 0 aliphatic carbocycles. The highest BCUT2D eigenvalue weighted by molar-refractivity contribution is 6.15. The Bertz CT molecular complexity index is 399.